The van der Waals surface area contributed by atoms with Crippen molar-refractivity contribution in [1.29, 1.82) is 0 Å². The van der Waals surface area contributed by atoms with Gasteiger partial charge in [-0.25, -0.2) is 4.90 Å². The van der Waals surface area contributed by atoms with Crippen molar-refractivity contribution in [3.63, 3.8) is 0 Å². The summed E-state index contributed by atoms with van der Waals surface area (Å²) < 4.78 is 0. The van der Waals surface area contributed by atoms with E-state index in [4.69, 9.17) is 5.84 Å². The topological polar surface area (TPSA) is 75.8 Å². The molecule has 0 atom stereocenters. The van der Waals surface area contributed by atoms with Gasteiger partial charge in [-0.2, -0.15) is 5.10 Å². The number of benzene rings is 2. The van der Waals surface area contributed by atoms with Crippen LogP contribution in [0.1, 0.15) is 33.2 Å². The fourth-order valence-electron chi connectivity index (χ4n) is 2.35. The highest BCUT2D eigenvalue weighted by Crippen LogP contribution is 2.28. The molecule has 0 radical (unpaired) electrons. The summed E-state index contributed by atoms with van der Waals surface area (Å²) in [6.45, 7) is 1.79. The second kappa shape index (κ2) is 4.86. The van der Waals surface area contributed by atoms with Crippen LogP contribution in [0.15, 0.2) is 53.6 Å². The number of rotatable bonds is 2. The van der Waals surface area contributed by atoms with Gasteiger partial charge in [0.25, 0.3) is 11.8 Å². The number of hydrazone groups is 1. The molecule has 0 aliphatic carbocycles. The molecule has 0 aromatic heterocycles. The number of hydrogen-bond acceptors (Lipinski definition) is 4. The minimum absolute atomic E-state index is 0.299. The zero-order chi connectivity index (χ0) is 15.0. The van der Waals surface area contributed by atoms with E-state index in [0.717, 1.165) is 5.56 Å². The van der Waals surface area contributed by atoms with Gasteiger partial charge in [0.1, 0.15) is 0 Å². The first-order valence-corrected chi connectivity index (χ1v) is 6.46. The van der Waals surface area contributed by atoms with Gasteiger partial charge in [-0.05, 0) is 36.8 Å². The van der Waals surface area contributed by atoms with Crippen LogP contribution in [-0.4, -0.2) is 17.5 Å². The molecule has 3 rings (SSSR count). The van der Waals surface area contributed by atoms with Crippen molar-refractivity contribution in [2.75, 3.05) is 4.90 Å². The summed E-state index contributed by atoms with van der Waals surface area (Å²) in [5.74, 6) is 4.64. The molecular formula is C16H13N3O2. The monoisotopic (exact) mass is 279 g/mol. The number of amides is 2. The average Bonchev–Trinajstić information content (AvgIpc) is 2.79. The molecule has 5 nitrogen and oxygen atoms in total. The molecule has 0 spiro atoms. The minimum atomic E-state index is -0.299. The third-order valence-electron chi connectivity index (χ3n) is 3.53. The van der Waals surface area contributed by atoms with Gasteiger partial charge in [0.15, 0.2) is 0 Å². The number of hydrogen-bond donors (Lipinski definition) is 1. The summed E-state index contributed by atoms with van der Waals surface area (Å²) in [6.07, 6.45) is 0. The summed E-state index contributed by atoms with van der Waals surface area (Å²) in [5.41, 5.74) is 2.94. The second-order valence-corrected chi connectivity index (χ2v) is 4.75. The molecule has 1 aliphatic rings. The molecule has 2 N–H and O–H groups in total. The maximum atomic E-state index is 12.3. The zero-order valence-electron chi connectivity index (χ0n) is 11.4. The van der Waals surface area contributed by atoms with E-state index in [-0.39, 0.29) is 11.8 Å². The van der Waals surface area contributed by atoms with Crippen LogP contribution in [-0.2, 0) is 0 Å². The molecule has 0 unspecified atom stereocenters. The number of nitrogens with zero attached hydrogens (tertiary/aromatic N) is 2. The van der Waals surface area contributed by atoms with Crippen molar-refractivity contribution in [2.45, 2.75) is 6.92 Å². The smallest absolute Gasteiger partial charge is 0.266 e. The fraction of sp³-hybridized carbons (Fsp3) is 0.0625. The summed E-state index contributed by atoms with van der Waals surface area (Å²) in [4.78, 5) is 25.9. The molecule has 104 valence electrons. The lowest BCUT2D eigenvalue weighted by Gasteiger charge is -2.14. The molecule has 2 amide bonds. The number of anilines is 1. The van der Waals surface area contributed by atoms with Crippen molar-refractivity contribution < 1.29 is 9.59 Å². The molecule has 2 aromatic rings. The van der Waals surface area contributed by atoms with Gasteiger partial charge in [-0.3, -0.25) is 9.59 Å². The van der Waals surface area contributed by atoms with Gasteiger partial charge in [0, 0.05) is 0 Å². The predicted octanol–water partition coefficient (Wildman–Crippen LogP) is 2.17. The molecule has 1 heterocycles. The van der Waals surface area contributed by atoms with Crippen molar-refractivity contribution in [3.8, 4) is 0 Å². The Morgan fingerprint density at radius 3 is 1.95 bits per heavy atom. The summed E-state index contributed by atoms with van der Waals surface area (Å²) >= 11 is 0. The van der Waals surface area contributed by atoms with Gasteiger partial charge in [0.2, 0.25) is 0 Å². The molecule has 0 saturated carbocycles. The van der Waals surface area contributed by atoms with Crippen LogP contribution >= 0.6 is 0 Å². The lowest BCUT2D eigenvalue weighted by atomic mass is 10.1. The van der Waals surface area contributed by atoms with E-state index in [1.165, 1.54) is 4.90 Å². The van der Waals surface area contributed by atoms with E-state index >= 15 is 0 Å². The maximum Gasteiger partial charge on any atom is 0.266 e. The number of carbonyl (C=O) groups excluding carboxylic acids is 2. The Kier molecular flexibility index (Phi) is 3.02. The SMILES string of the molecule is C/C(=N\N)c1ccc(N2C(=O)c3ccccc3C2=O)cc1. The van der Waals surface area contributed by atoms with Crippen molar-refractivity contribution >= 4 is 23.2 Å². The van der Waals surface area contributed by atoms with Crippen LogP contribution in [0.25, 0.3) is 0 Å². The van der Waals surface area contributed by atoms with Crippen LogP contribution < -0.4 is 10.7 Å². The summed E-state index contributed by atoms with van der Waals surface area (Å²) in [7, 11) is 0. The minimum Gasteiger partial charge on any atom is -0.323 e. The molecule has 0 bridgehead atoms. The molecular weight excluding hydrogens is 266 g/mol. The molecule has 21 heavy (non-hydrogen) atoms. The summed E-state index contributed by atoms with van der Waals surface area (Å²) in [6, 6.07) is 13.8. The van der Waals surface area contributed by atoms with Crippen LogP contribution in [0.4, 0.5) is 5.69 Å². The number of imide groups is 1. The Hall–Kier alpha value is -2.95. The first-order chi connectivity index (χ1) is 10.1. The second-order valence-electron chi connectivity index (χ2n) is 4.75. The van der Waals surface area contributed by atoms with E-state index in [1.807, 2.05) is 0 Å². The summed E-state index contributed by atoms with van der Waals surface area (Å²) in [5, 5.41) is 3.62. The maximum absolute atomic E-state index is 12.3. The number of fused-ring (bicyclic) bond motifs is 1. The van der Waals surface area contributed by atoms with Gasteiger partial charge in [0.05, 0.1) is 22.5 Å². The van der Waals surface area contributed by atoms with Crippen molar-refractivity contribution in [1.82, 2.24) is 0 Å². The van der Waals surface area contributed by atoms with Gasteiger partial charge in [-0.15, -0.1) is 0 Å². The first kappa shape index (κ1) is 13.1. The van der Waals surface area contributed by atoms with Crippen LogP contribution in [0.5, 0.6) is 0 Å². The fourth-order valence-corrected chi connectivity index (χ4v) is 2.35. The van der Waals surface area contributed by atoms with Gasteiger partial charge in [-0.1, -0.05) is 24.3 Å². The highest BCUT2D eigenvalue weighted by Gasteiger charge is 2.36. The lowest BCUT2D eigenvalue weighted by Crippen LogP contribution is -2.29. The van der Waals surface area contributed by atoms with E-state index in [0.29, 0.717) is 22.5 Å². The zero-order valence-corrected chi connectivity index (χ0v) is 11.4. The van der Waals surface area contributed by atoms with E-state index in [1.54, 1.807) is 55.5 Å². The van der Waals surface area contributed by atoms with Crippen LogP contribution in [0, 0.1) is 0 Å². The lowest BCUT2D eigenvalue weighted by molar-refractivity contribution is 0.0926. The number of carbonyl (C=O) groups is 2. The molecule has 2 aromatic carbocycles. The highest BCUT2D eigenvalue weighted by atomic mass is 16.2. The van der Waals surface area contributed by atoms with E-state index < -0.39 is 0 Å². The third-order valence-corrected chi connectivity index (χ3v) is 3.53. The quantitative estimate of drug-likeness (QED) is 0.396. The Balaban J connectivity index is 1.99. The average molecular weight is 279 g/mol. The standard InChI is InChI=1S/C16H13N3O2/c1-10(18-17)11-6-8-12(9-7-11)19-15(20)13-4-2-3-5-14(13)16(19)21/h2-9H,17H2,1H3/b18-10+. The largest absolute Gasteiger partial charge is 0.323 e. The Morgan fingerprint density at radius 1 is 0.952 bits per heavy atom. The van der Waals surface area contributed by atoms with Crippen molar-refractivity contribution in [3.05, 3.63) is 65.2 Å². The Morgan fingerprint density at radius 2 is 1.48 bits per heavy atom. The molecule has 5 heteroatoms. The molecule has 1 aliphatic heterocycles. The van der Waals surface area contributed by atoms with Gasteiger partial charge < -0.3 is 5.84 Å². The normalized spacial score (nSPS) is 14.5. The van der Waals surface area contributed by atoms with Crippen LogP contribution in [0.2, 0.25) is 0 Å². The molecule has 0 fully saturated rings. The Labute approximate surface area is 121 Å². The van der Waals surface area contributed by atoms with Gasteiger partial charge >= 0.3 is 0 Å². The van der Waals surface area contributed by atoms with Crippen molar-refractivity contribution in [2.24, 2.45) is 10.9 Å². The van der Waals surface area contributed by atoms with Crippen LogP contribution in [0.3, 0.4) is 0 Å². The van der Waals surface area contributed by atoms with E-state index in [2.05, 4.69) is 5.10 Å². The predicted molar refractivity (Wildman–Crippen MR) is 80.4 cm³/mol. The Bertz CT molecular complexity index is 728. The van der Waals surface area contributed by atoms with E-state index in [9.17, 15) is 9.59 Å². The third kappa shape index (κ3) is 1.99. The highest BCUT2D eigenvalue weighted by molar-refractivity contribution is 6.34. The first-order valence-electron chi connectivity index (χ1n) is 6.46. The number of nitrogens with two attached hydrogens (primary N) is 1. The molecule has 0 saturated heterocycles.